The smallest absolute Gasteiger partial charge is 0.270 e. The number of alkyl halides is 2. The molecule has 1 fully saturated rings. The molecule has 106 valence electrons. The summed E-state index contributed by atoms with van der Waals surface area (Å²) in [5.41, 5.74) is 1.91. The fourth-order valence-corrected chi connectivity index (χ4v) is 2.51. The van der Waals surface area contributed by atoms with E-state index in [-0.39, 0.29) is 5.56 Å². The summed E-state index contributed by atoms with van der Waals surface area (Å²) in [4.78, 5) is 0. The minimum absolute atomic E-state index is 0.0792. The van der Waals surface area contributed by atoms with Gasteiger partial charge in [0.05, 0.1) is 0 Å². The number of rotatable bonds is 5. The van der Waals surface area contributed by atoms with E-state index in [1.165, 1.54) is 12.5 Å². The molecular formula is C15H22F2N2. The zero-order valence-corrected chi connectivity index (χ0v) is 11.6. The lowest BCUT2D eigenvalue weighted by Crippen LogP contribution is -2.13. The third kappa shape index (κ3) is 3.90. The van der Waals surface area contributed by atoms with Crippen molar-refractivity contribution < 1.29 is 8.78 Å². The molecule has 2 rings (SSSR count). The molecule has 19 heavy (non-hydrogen) atoms. The van der Waals surface area contributed by atoms with Gasteiger partial charge in [0.2, 0.25) is 0 Å². The lowest BCUT2D eigenvalue weighted by molar-refractivity contribution is 0.0174. The highest BCUT2D eigenvalue weighted by Gasteiger charge is 2.24. The minimum Gasteiger partial charge on any atom is -0.385 e. The Hall–Kier alpha value is -1.16. The Morgan fingerprint density at radius 3 is 2.79 bits per heavy atom. The first-order chi connectivity index (χ1) is 8.97. The van der Waals surface area contributed by atoms with Crippen LogP contribution in [0.2, 0.25) is 0 Å². The number of anilines is 1. The van der Waals surface area contributed by atoms with E-state index in [2.05, 4.69) is 10.6 Å². The van der Waals surface area contributed by atoms with Crippen LogP contribution in [0.3, 0.4) is 0 Å². The van der Waals surface area contributed by atoms with E-state index >= 15 is 0 Å². The highest BCUT2D eigenvalue weighted by molar-refractivity contribution is 5.52. The van der Waals surface area contributed by atoms with Crippen molar-refractivity contribution >= 4 is 5.69 Å². The van der Waals surface area contributed by atoms with Gasteiger partial charge in [0.25, 0.3) is 5.92 Å². The Labute approximate surface area is 113 Å². The molecule has 1 aliphatic heterocycles. The molecular weight excluding hydrogens is 246 g/mol. The molecule has 0 radical (unpaired) electrons. The fourth-order valence-electron chi connectivity index (χ4n) is 2.51. The van der Waals surface area contributed by atoms with Crippen molar-refractivity contribution in [3.8, 4) is 0 Å². The third-order valence-electron chi connectivity index (χ3n) is 3.76. The number of aryl methyl sites for hydroxylation is 1. The number of hydrogen-bond donors (Lipinski definition) is 2. The van der Waals surface area contributed by atoms with E-state index in [9.17, 15) is 8.78 Å². The molecule has 0 bridgehead atoms. The average Bonchev–Trinajstić information content (AvgIpc) is 2.83. The Kier molecular flexibility index (Phi) is 4.40. The lowest BCUT2D eigenvalue weighted by atomic mass is 10.0. The normalized spacial score (nSPS) is 19.7. The molecule has 1 aromatic carbocycles. The van der Waals surface area contributed by atoms with Crippen LogP contribution >= 0.6 is 0 Å². The second-order valence-electron chi connectivity index (χ2n) is 5.49. The summed E-state index contributed by atoms with van der Waals surface area (Å²) in [5, 5.41) is 6.69. The zero-order chi connectivity index (χ0) is 13.9. The van der Waals surface area contributed by atoms with Crippen LogP contribution in [-0.4, -0.2) is 19.6 Å². The van der Waals surface area contributed by atoms with Crippen molar-refractivity contribution in [1.29, 1.82) is 0 Å². The Morgan fingerprint density at radius 2 is 2.21 bits per heavy atom. The van der Waals surface area contributed by atoms with Crippen molar-refractivity contribution in [2.24, 2.45) is 5.92 Å². The van der Waals surface area contributed by atoms with E-state index in [4.69, 9.17) is 0 Å². The molecule has 0 saturated carbocycles. The summed E-state index contributed by atoms with van der Waals surface area (Å²) in [6, 6.07) is 4.83. The number of halogens is 2. The second-order valence-corrected chi connectivity index (χ2v) is 5.49. The van der Waals surface area contributed by atoms with Gasteiger partial charge in [0.1, 0.15) is 0 Å². The van der Waals surface area contributed by atoms with Crippen molar-refractivity contribution in [3.63, 3.8) is 0 Å². The molecule has 1 unspecified atom stereocenters. The standard InChI is InChI=1S/C15H22F2N2/c1-11-9-13(15(2,16)17)3-4-14(11)19-8-6-12-5-7-18-10-12/h3-4,9,12,18-19H,5-8,10H2,1-2H3. The Bertz CT molecular complexity index is 421. The maximum atomic E-state index is 13.2. The third-order valence-corrected chi connectivity index (χ3v) is 3.76. The Balaban J connectivity index is 1.90. The molecule has 2 nitrogen and oxygen atoms in total. The topological polar surface area (TPSA) is 24.1 Å². The number of benzene rings is 1. The molecule has 1 aromatic rings. The van der Waals surface area contributed by atoms with Gasteiger partial charge in [-0.2, -0.15) is 0 Å². The predicted octanol–water partition coefficient (Wildman–Crippen LogP) is 3.52. The summed E-state index contributed by atoms with van der Waals surface area (Å²) in [6.07, 6.45) is 2.36. The van der Waals surface area contributed by atoms with Gasteiger partial charge in [-0.25, -0.2) is 8.78 Å². The summed E-state index contributed by atoms with van der Waals surface area (Å²) >= 11 is 0. The van der Waals surface area contributed by atoms with Gasteiger partial charge in [-0.3, -0.25) is 0 Å². The highest BCUT2D eigenvalue weighted by Crippen LogP contribution is 2.29. The maximum Gasteiger partial charge on any atom is 0.270 e. The summed E-state index contributed by atoms with van der Waals surface area (Å²) in [5.74, 6) is -2.02. The molecule has 1 saturated heterocycles. The van der Waals surface area contributed by atoms with Crippen LogP contribution in [0, 0.1) is 12.8 Å². The van der Waals surface area contributed by atoms with E-state index in [0.29, 0.717) is 0 Å². The quantitative estimate of drug-likeness (QED) is 0.854. The van der Waals surface area contributed by atoms with Crippen LogP contribution in [0.5, 0.6) is 0 Å². The molecule has 0 spiro atoms. The molecule has 0 aliphatic carbocycles. The van der Waals surface area contributed by atoms with Crippen molar-refractivity contribution in [3.05, 3.63) is 29.3 Å². The summed E-state index contributed by atoms with van der Waals surface area (Å²) in [6.45, 7) is 5.91. The predicted molar refractivity (Wildman–Crippen MR) is 74.8 cm³/mol. The SMILES string of the molecule is Cc1cc(C(C)(F)F)ccc1NCCC1CCNC1. The minimum atomic E-state index is -2.77. The fraction of sp³-hybridized carbons (Fsp3) is 0.600. The van der Waals surface area contributed by atoms with Gasteiger partial charge in [0, 0.05) is 24.7 Å². The lowest BCUT2D eigenvalue weighted by Gasteiger charge is -2.15. The van der Waals surface area contributed by atoms with Crippen LogP contribution in [-0.2, 0) is 5.92 Å². The van der Waals surface area contributed by atoms with Crippen LogP contribution < -0.4 is 10.6 Å². The van der Waals surface area contributed by atoms with Gasteiger partial charge < -0.3 is 10.6 Å². The first kappa shape index (κ1) is 14.3. The molecule has 4 heteroatoms. The Morgan fingerprint density at radius 1 is 1.42 bits per heavy atom. The molecule has 0 amide bonds. The van der Waals surface area contributed by atoms with Gasteiger partial charge >= 0.3 is 0 Å². The number of nitrogens with one attached hydrogen (secondary N) is 2. The van der Waals surface area contributed by atoms with Crippen molar-refractivity contribution in [2.45, 2.75) is 32.6 Å². The average molecular weight is 268 g/mol. The summed E-state index contributed by atoms with van der Waals surface area (Å²) < 4.78 is 26.4. The highest BCUT2D eigenvalue weighted by atomic mass is 19.3. The molecule has 0 aromatic heterocycles. The first-order valence-corrected chi connectivity index (χ1v) is 6.90. The van der Waals surface area contributed by atoms with Gasteiger partial charge in [-0.1, -0.05) is 6.07 Å². The molecule has 2 N–H and O–H groups in total. The van der Waals surface area contributed by atoms with Crippen LogP contribution in [0.4, 0.5) is 14.5 Å². The zero-order valence-electron chi connectivity index (χ0n) is 11.6. The van der Waals surface area contributed by atoms with Crippen LogP contribution in [0.15, 0.2) is 18.2 Å². The monoisotopic (exact) mass is 268 g/mol. The van der Waals surface area contributed by atoms with E-state index in [1.807, 2.05) is 6.92 Å². The molecule has 1 aliphatic rings. The van der Waals surface area contributed by atoms with Crippen LogP contribution in [0.1, 0.15) is 30.9 Å². The van der Waals surface area contributed by atoms with Crippen LogP contribution in [0.25, 0.3) is 0 Å². The first-order valence-electron chi connectivity index (χ1n) is 6.90. The maximum absolute atomic E-state index is 13.2. The molecule has 1 atom stereocenters. The number of hydrogen-bond acceptors (Lipinski definition) is 2. The van der Waals surface area contributed by atoms with E-state index in [0.717, 1.165) is 50.1 Å². The van der Waals surface area contributed by atoms with Gasteiger partial charge in [-0.15, -0.1) is 0 Å². The largest absolute Gasteiger partial charge is 0.385 e. The summed E-state index contributed by atoms with van der Waals surface area (Å²) in [7, 11) is 0. The van der Waals surface area contributed by atoms with E-state index < -0.39 is 5.92 Å². The van der Waals surface area contributed by atoms with Crippen molar-refractivity contribution in [1.82, 2.24) is 5.32 Å². The van der Waals surface area contributed by atoms with Gasteiger partial charge in [-0.05, 0) is 56.5 Å². The second kappa shape index (κ2) is 5.87. The molecule has 1 heterocycles. The van der Waals surface area contributed by atoms with Gasteiger partial charge in [0.15, 0.2) is 0 Å². The van der Waals surface area contributed by atoms with Crippen molar-refractivity contribution in [2.75, 3.05) is 25.0 Å². The van der Waals surface area contributed by atoms with E-state index in [1.54, 1.807) is 12.1 Å².